The van der Waals surface area contributed by atoms with Crippen molar-refractivity contribution in [2.45, 2.75) is 26.4 Å². The van der Waals surface area contributed by atoms with Crippen LogP contribution < -0.4 is 16.4 Å². The van der Waals surface area contributed by atoms with Gasteiger partial charge in [0.05, 0.1) is 5.71 Å². The lowest BCUT2D eigenvalue weighted by Crippen LogP contribution is -2.28. The molecule has 0 aliphatic heterocycles. The van der Waals surface area contributed by atoms with E-state index in [0.717, 1.165) is 6.07 Å². The van der Waals surface area contributed by atoms with Crippen molar-refractivity contribution in [2.24, 2.45) is 0 Å². The molecule has 1 amide bonds. The van der Waals surface area contributed by atoms with Gasteiger partial charge in [0.2, 0.25) is 5.91 Å². The zero-order chi connectivity index (χ0) is 20.0. The van der Waals surface area contributed by atoms with Crippen molar-refractivity contribution in [3.63, 3.8) is 0 Å². The molecule has 2 aromatic rings. The summed E-state index contributed by atoms with van der Waals surface area (Å²) in [6.07, 6.45) is 2.65. The number of carbonyl (C=O) groups excluding carboxylic acids is 1. The number of anilines is 2. The van der Waals surface area contributed by atoms with Gasteiger partial charge in [0.1, 0.15) is 11.6 Å². The van der Waals surface area contributed by atoms with E-state index >= 15 is 0 Å². The van der Waals surface area contributed by atoms with Crippen molar-refractivity contribution in [3.05, 3.63) is 71.3 Å². The van der Waals surface area contributed by atoms with Gasteiger partial charge in [-0.05, 0) is 55.8 Å². The molecule has 2 rings (SSSR count). The van der Waals surface area contributed by atoms with E-state index in [0.29, 0.717) is 22.5 Å². The average molecular weight is 372 g/mol. The second kappa shape index (κ2) is 8.93. The zero-order valence-corrected chi connectivity index (χ0v) is 15.1. The molecule has 0 saturated carbocycles. The minimum atomic E-state index is -0.642. The van der Waals surface area contributed by atoms with Crippen molar-refractivity contribution in [2.75, 3.05) is 11.1 Å². The first-order valence-corrected chi connectivity index (χ1v) is 8.40. The fourth-order valence-corrected chi connectivity index (χ4v) is 2.40. The fourth-order valence-electron chi connectivity index (χ4n) is 2.40. The van der Waals surface area contributed by atoms with Crippen LogP contribution in [0.3, 0.4) is 0 Å². The Bertz CT molecular complexity index is 858. The molecule has 27 heavy (non-hydrogen) atoms. The standard InChI is InChI=1S/C20H22F2N4O/c1-12(2)26-20(27)6-5-19(24)17-10-16(3-4-18(17)23)25-11-13-7-14(21)9-15(22)8-13/h3-10,12,24-25H,11,23H2,1-2H3,(H,26,27)/b6-5+,24-19?. The minimum absolute atomic E-state index is 0.00147. The Morgan fingerprint density at radius 2 is 1.81 bits per heavy atom. The second-order valence-electron chi connectivity index (χ2n) is 6.34. The highest BCUT2D eigenvalue weighted by atomic mass is 19.1. The van der Waals surface area contributed by atoms with E-state index in [1.807, 2.05) is 13.8 Å². The Labute approximate surface area is 156 Å². The summed E-state index contributed by atoms with van der Waals surface area (Å²) in [5.41, 5.74) is 7.91. The lowest BCUT2D eigenvalue weighted by atomic mass is 10.1. The molecule has 0 saturated heterocycles. The Hall–Kier alpha value is -3.22. The molecule has 2 aromatic carbocycles. The number of amides is 1. The lowest BCUT2D eigenvalue weighted by molar-refractivity contribution is -0.116. The Morgan fingerprint density at radius 1 is 1.15 bits per heavy atom. The molecular weight excluding hydrogens is 350 g/mol. The van der Waals surface area contributed by atoms with E-state index in [2.05, 4.69) is 10.6 Å². The SMILES string of the molecule is CC(C)NC(=O)/C=C/C(=N)c1cc(NCc2cc(F)cc(F)c2)ccc1N. The molecule has 142 valence electrons. The van der Waals surface area contributed by atoms with E-state index in [1.165, 1.54) is 24.3 Å². The van der Waals surface area contributed by atoms with Crippen LogP contribution in [0.25, 0.3) is 0 Å². The van der Waals surface area contributed by atoms with E-state index in [-0.39, 0.29) is 24.2 Å². The third-order valence-corrected chi connectivity index (χ3v) is 3.59. The molecular formula is C20H22F2N4O. The molecule has 0 bridgehead atoms. The van der Waals surface area contributed by atoms with E-state index < -0.39 is 11.6 Å². The molecule has 0 aliphatic rings. The maximum atomic E-state index is 13.3. The van der Waals surface area contributed by atoms with Gasteiger partial charge in [-0.2, -0.15) is 0 Å². The summed E-state index contributed by atoms with van der Waals surface area (Å²) < 4.78 is 26.5. The van der Waals surface area contributed by atoms with Gasteiger partial charge in [-0.15, -0.1) is 0 Å². The summed E-state index contributed by atoms with van der Waals surface area (Å²) in [5.74, 6) is -1.58. The predicted molar refractivity (Wildman–Crippen MR) is 104 cm³/mol. The first-order chi connectivity index (χ1) is 12.7. The fraction of sp³-hybridized carbons (Fsp3) is 0.200. The summed E-state index contributed by atoms with van der Waals surface area (Å²) in [6.45, 7) is 3.89. The van der Waals surface area contributed by atoms with Gasteiger partial charge in [0, 0.05) is 41.7 Å². The summed E-state index contributed by atoms with van der Waals surface area (Å²) in [6, 6.07) is 8.28. The van der Waals surface area contributed by atoms with Crippen LogP contribution in [-0.4, -0.2) is 17.7 Å². The molecule has 0 heterocycles. The van der Waals surface area contributed by atoms with Crippen molar-refractivity contribution < 1.29 is 13.6 Å². The Kier molecular flexibility index (Phi) is 6.65. The monoisotopic (exact) mass is 372 g/mol. The molecule has 0 radical (unpaired) electrons. The number of carbonyl (C=O) groups is 1. The van der Waals surface area contributed by atoms with Crippen LogP contribution in [0.4, 0.5) is 20.2 Å². The molecule has 0 aliphatic carbocycles. The van der Waals surface area contributed by atoms with Gasteiger partial charge in [-0.3, -0.25) is 4.79 Å². The number of hydrogen-bond acceptors (Lipinski definition) is 4. The highest BCUT2D eigenvalue weighted by Gasteiger charge is 2.07. The Morgan fingerprint density at radius 3 is 2.44 bits per heavy atom. The van der Waals surface area contributed by atoms with Crippen molar-refractivity contribution in [1.29, 1.82) is 5.41 Å². The molecule has 0 fully saturated rings. The highest BCUT2D eigenvalue weighted by Crippen LogP contribution is 2.20. The quantitative estimate of drug-likeness (QED) is 0.340. The predicted octanol–water partition coefficient (Wildman–Crippen LogP) is 3.61. The average Bonchev–Trinajstić information content (AvgIpc) is 2.57. The number of allylic oxidation sites excluding steroid dienone is 1. The van der Waals surface area contributed by atoms with Crippen LogP contribution in [0.2, 0.25) is 0 Å². The van der Waals surface area contributed by atoms with Crippen LogP contribution in [0.15, 0.2) is 48.6 Å². The summed E-state index contributed by atoms with van der Waals surface area (Å²) in [5, 5.41) is 13.9. The zero-order valence-electron chi connectivity index (χ0n) is 15.1. The van der Waals surface area contributed by atoms with E-state index in [9.17, 15) is 13.6 Å². The normalized spacial score (nSPS) is 11.0. The molecule has 7 heteroatoms. The maximum absolute atomic E-state index is 13.3. The van der Waals surface area contributed by atoms with Gasteiger partial charge >= 0.3 is 0 Å². The van der Waals surface area contributed by atoms with E-state index in [1.54, 1.807) is 18.2 Å². The summed E-state index contributed by atoms with van der Waals surface area (Å²) in [4.78, 5) is 11.7. The first-order valence-electron chi connectivity index (χ1n) is 8.40. The van der Waals surface area contributed by atoms with Crippen LogP contribution >= 0.6 is 0 Å². The molecule has 0 unspecified atom stereocenters. The molecule has 5 N–H and O–H groups in total. The van der Waals surface area contributed by atoms with Gasteiger partial charge in [0.25, 0.3) is 0 Å². The van der Waals surface area contributed by atoms with Gasteiger partial charge in [-0.1, -0.05) is 0 Å². The Balaban J connectivity index is 2.09. The first kappa shape index (κ1) is 20.1. The number of hydrogen-bond donors (Lipinski definition) is 4. The van der Waals surface area contributed by atoms with Gasteiger partial charge in [-0.25, -0.2) is 8.78 Å². The number of rotatable bonds is 7. The highest BCUT2D eigenvalue weighted by molar-refractivity contribution is 6.12. The molecule has 0 atom stereocenters. The van der Waals surface area contributed by atoms with Crippen LogP contribution in [-0.2, 0) is 11.3 Å². The van der Waals surface area contributed by atoms with Gasteiger partial charge in [0.15, 0.2) is 0 Å². The van der Waals surface area contributed by atoms with Crippen LogP contribution in [0.5, 0.6) is 0 Å². The van der Waals surface area contributed by atoms with Crippen LogP contribution in [0.1, 0.15) is 25.0 Å². The van der Waals surface area contributed by atoms with Gasteiger partial charge < -0.3 is 21.8 Å². The largest absolute Gasteiger partial charge is 0.398 e. The maximum Gasteiger partial charge on any atom is 0.244 e. The lowest BCUT2D eigenvalue weighted by Gasteiger charge is -2.11. The topological polar surface area (TPSA) is 91.0 Å². The van der Waals surface area contributed by atoms with Crippen molar-refractivity contribution in [1.82, 2.24) is 5.32 Å². The number of benzene rings is 2. The van der Waals surface area contributed by atoms with Crippen molar-refractivity contribution in [3.8, 4) is 0 Å². The number of nitrogen functional groups attached to an aromatic ring is 1. The number of halogens is 2. The third-order valence-electron chi connectivity index (χ3n) is 3.59. The third kappa shape index (κ3) is 6.22. The second-order valence-corrected chi connectivity index (χ2v) is 6.34. The molecule has 5 nitrogen and oxygen atoms in total. The smallest absolute Gasteiger partial charge is 0.244 e. The summed E-state index contributed by atoms with van der Waals surface area (Å²) >= 11 is 0. The summed E-state index contributed by atoms with van der Waals surface area (Å²) in [7, 11) is 0. The molecule has 0 aromatic heterocycles. The van der Waals surface area contributed by atoms with Crippen LogP contribution in [0, 0.1) is 17.0 Å². The number of nitrogens with two attached hydrogens (primary N) is 1. The van der Waals surface area contributed by atoms with E-state index in [4.69, 9.17) is 11.1 Å². The minimum Gasteiger partial charge on any atom is -0.398 e. The molecule has 0 spiro atoms. The number of nitrogens with one attached hydrogen (secondary N) is 3. The van der Waals surface area contributed by atoms with Crippen molar-refractivity contribution >= 4 is 23.0 Å².